The van der Waals surface area contributed by atoms with Gasteiger partial charge in [0.15, 0.2) is 5.82 Å². The molecule has 1 aromatic carbocycles. The third kappa shape index (κ3) is 3.81. The summed E-state index contributed by atoms with van der Waals surface area (Å²) in [6, 6.07) is 7.99. The highest BCUT2D eigenvalue weighted by Crippen LogP contribution is 2.38. The van der Waals surface area contributed by atoms with E-state index in [0.717, 1.165) is 18.4 Å². The van der Waals surface area contributed by atoms with E-state index in [2.05, 4.69) is 9.82 Å². The van der Waals surface area contributed by atoms with Gasteiger partial charge in [-0.3, -0.25) is 9.52 Å². The molecule has 1 N–H and O–H groups in total. The van der Waals surface area contributed by atoms with E-state index in [1.165, 1.54) is 34.8 Å². The maximum atomic E-state index is 15.6. The Morgan fingerprint density at radius 3 is 2.90 bits per heavy atom. The Kier molecular flexibility index (Phi) is 5.45. The number of nitrogens with zero attached hydrogens (tertiary/aromatic N) is 3. The summed E-state index contributed by atoms with van der Waals surface area (Å²) in [7, 11) is 0. The number of pyridine rings is 1. The molecule has 1 atom stereocenters. The van der Waals surface area contributed by atoms with E-state index < -0.39 is 5.82 Å². The fourth-order valence-corrected chi connectivity index (χ4v) is 4.21. The zero-order valence-electron chi connectivity index (χ0n) is 16.2. The van der Waals surface area contributed by atoms with Gasteiger partial charge in [0.2, 0.25) is 0 Å². The van der Waals surface area contributed by atoms with Gasteiger partial charge in [-0.15, -0.1) is 0 Å². The molecule has 1 aliphatic heterocycles. The molecule has 0 spiro atoms. The lowest BCUT2D eigenvalue weighted by atomic mass is 10.0. The zero-order valence-corrected chi connectivity index (χ0v) is 17.0. The number of hydrogen-bond acceptors (Lipinski definition) is 4. The average molecular weight is 416 g/mol. The lowest BCUT2D eigenvalue weighted by molar-refractivity contribution is 0.0985. The van der Waals surface area contributed by atoms with Gasteiger partial charge >= 0.3 is 0 Å². The van der Waals surface area contributed by atoms with Gasteiger partial charge in [0, 0.05) is 18.0 Å². The Balaban J connectivity index is 1.72. The number of benzene rings is 1. The second-order valence-corrected chi connectivity index (χ2v) is 8.75. The molecule has 4 rings (SSSR count). The molecule has 0 aliphatic carbocycles. The molecule has 1 amide bonds. The third-order valence-corrected chi connectivity index (χ3v) is 5.80. The number of amides is 1. The molecule has 0 bridgehead atoms. The molecule has 8 heteroatoms. The topological polar surface area (TPSA) is 49.6 Å². The number of aromatic nitrogens is 2. The van der Waals surface area contributed by atoms with Crippen LogP contribution < -0.4 is 9.62 Å². The molecule has 152 valence electrons. The highest BCUT2D eigenvalue weighted by Gasteiger charge is 2.30. The number of hydrogen-bond donors (Lipinski definition) is 1. The summed E-state index contributed by atoms with van der Waals surface area (Å²) in [5.74, 6) is -1.17. The fourth-order valence-electron chi connectivity index (χ4n) is 3.76. The van der Waals surface area contributed by atoms with Gasteiger partial charge in [-0.25, -0.2) is 13.3 Å². The molecule has 0 saturated carbocycles. The molecule has 2 aromatic heterocycles. The smallest absolute Gasteiger partial charge is 0.265 e. The van der Waals surface area contributed by atoms with E-state index in [4.69, 9.17) is 0 Å². The van der Waals surface area contributed by atoms with Gasteiger partial charge in [0.1, 0.15) is 11.3 Å². The Labute approximate surface area is 172 Å². The third-order valence-electron chi connectivity index (χ3n) is 5.03. The molecule has 3 aromatic rings. The molecule has 1 saturated heterocycles. The van der Waals surface area contributed by atoms with E-state index >= 15 is 4.39 Å². The summed E-state index contributed by atoms with van der Waals surface area (Å²) < 4.78 is 33.4. The molecule has 1 aliphatic rings. The van der Waals surface area contributed by atoms with Crippen LogP contribution in [0.5, 0.6) is 0 Å². The van der Waals surface area contributed by atoms with E-state index in [0.29, 0.717) is 12.2 Å². The first-order valence-corrected chi connectivity index (χ1v) is 10.5. The monoisotopic (exact) mass is 416 g/mol. The number of rotatable bonds is 5. The first-order valence-electron chi connectivity index (χ1n) is 9.59. The van der Waals surface area contributed by atoms with Crippen molar-refractivity contribution in [3.63, 3.8) is 0 Å². The lowest BCUT2D eigenvalue weighted by Crippen LogP contribution is -2.24. The van der Waals surface area contributed by atoms with E-state index in [-0.39, 0.29) is 34.1 Å². The second kappa shape index (κ2) is 8.02. The Hall–Kier alpha value is -2.61. The summed E-state index contributed by atoms with van der Waals surface area (Å²) in [6.07, 6.45) is 4.72. The average Bonchev–Trinajstić information content (AvgIpc) is 3.34. The maximum Gasteiger partial charge on any atom is 0.265 e. The van der Waals surface area contributed by atoms with Crippen molar-refractivity contribution in [3.8, 4) is 0 Å². The molecule has 1 fully saturated rings. The van der Waals surface area contributed by atoms with Crippen molar-refractivity contribution in [2.24, 2.45) is 0 Å². The first kappa shape index (κ1) is 19.7. The van der Waals surface area contributed by atoms with Crippen LogP contribution in [-0.4, -0.2) is 27.3 Å². The van der Waals surface area contributed by atoms with Crippen molar-refractivity contribution in [2.45, 2.75) is 38.0 Å². The lowest BCUT2D eigenvalue weighted by Gasteiger charge is -2.28. The van der Waals surface area contributed by atoms with E-state index in [1.807, 2.05) is 24.8 Å². The van der Waals surface area contributed by atoms with Crippen molar-refractivity contribution in [1.82, 2.24) is 14.3 Å². The van der Waals surface area contributed by atoms with Crippen LogP contribution >= 0.6 is 11.9 Å². The van der Waals surface area contributed by atoms with Crippen LogP contribution in [0.2, 0.25) is 0 Å². The number of carbonyl (C=O) groups is 1. The predicted octanol–water partition coefficient (Wildman–Crippen LogP) is 4.74. The molecular formula is C21H22F2N4OS. The summed E-state index contributed by atoms with van der Waals surface area (Å²) >= 11 is 1.28. The molecule has 29 heavy (non-hydrogen) atoms. The number of anilines is 1. The van der Waals surface area contributed by atoms with Gasteiger partial charge in [-0.2, -0.15) is 5.10 Å². The van der Waals surface area contributed by atoms with Gasteiger partial charge in [-0.1, -0.05) is 26.0 Å². The number of halogens is 2. The molecule has 5 nitrogen and oxygen atoms in total. The van der Waals surface area contributed by atoms with Crippen LogP contribution in [0.15, 0.2) is 42.7 Å². The second-order valence-electron chi connectivity index (χ2n) is 7.37. The zero-order chi connectivity index (χ0) is 20.5. The minimum absolute atomic E-state index is 0.112. The number of nitrogens with one attached hydrogen (secondary N) is 1. The Morgan fingerprint density at radius 1 is 1.31 bits per heavy atom. The van der Waals surface area contributed by atoms with Gasteiger partial charge in [-0.05, 0) is 48.6 Å². The highest BCUT2D eigenvalue weighted by molar-refractivity contribution is 7.98. The Morgan fingerprint density at radius 2 is 2.14 bits per heavy atom. The van der Waals surface area contributed by atoms with Crippen LogP contribution in [0.1, 0.15) is 48.7 Å². The number of carbonyl (C=O) groups excluding carboxylic acids is 1. The van der Waals surface area contributed by atoms with Crippen molar-refractivity contribution in [2.75, 3.05) is 11.4 Å². The normalized spacial score (nSPS) is 16.7. The van der Waals surface area contributed by atoms with Crippen molar-refractivity contribution >= 4 is 29.1 Å². The van der Waals surface area contributed by atoms with Crippen LogP contribution in [0.25, 0.3) is 5.52 Å². The van der Waals surface area contributed by atoms with Gasteiger partial charge in [0.05, 0.1) is 23.5 Å². The van der Waals surface area contributed by atoms with Crippen molar-refractivity contribution in [1.29, 1.82) is 0 Å². The van der Waals surface area contributed by atoms with Crippen LogP contribution in [0, 0.1) is 11.6 Å². The SMILES string of the molecule is CC(C)SNC(=O)c1cnn2ccc(N3CCC[C@@H]3c3cccc(F)c3)c(F)c12. The molecule has 3 heterocycles. The quantitative estimate of drug-likeness (QED) is 0.611. The van der Waals surface area contributed by atoms with Gasteiger partial charge in [0.25, 0.3) is 5.91 Å². The molecule has 0 unspecified atom stereocenters. The maximum absolute atomic E-state index is 15.6. The summed E-state index contributed by atoms with van der Waals surface area (Å²) in [5, 5.41) is 4.33. The van der Waals surface area contributed by atoms with Crippen molar-refractivity contribution in [3.05, 3.63) is 65.5 Å². The molecule has 0 radical (unpaired) electrons. The Bertz CT molecular complexity index is 1050. The van der Waals surface area contributed by atoms with Crippen LogP contribution in [-0.2, 0) is 0 Å². The minimum Gasteiger partial charge on any atom is -0.362 e. The molecular weight excluding hydrogens is 394 g/mol. The predicted molar refractivity (Wildman–Crippen MR) is 111 cm³/mol. The fraction of sp³-hybridized carbons (Fsp3) is 0.333. The van der Waals surface area contributed by atoms with E-state index in [9.17, 15) is 9.18 Å². The largest absolute Gasteiger partial charge is 0.362 e. The summed E-state index contributed by atoms with van der Waals surface area (Å²) in [6.45, 7) is 4.58. The van der Waals surface area contributed by atoms with E-state index in [1.54, 1.807) is 18.3 Å². The summed E-state index contributed by atoms with van der Waals surface area (Å²) in [5.41, 5.74) is 1.56. The number of fused-ring (bicyclic) bond motifs is 1. The van der Waals surface area contributed by atoms with Gasteiger partial charge < -0.3 is 4.90 Å². The standard InChI is InChI=1S/C21H22F2N4OS/c1-13(2)29-25-21(28)16-12-24-27-10-8-18(19(23)20(16)27)26-9-4-7-17(26)14-5-3-6-15(22)11-14/h3,5-6,8,10-13,17H,4,7,9H2,1-2H3,(H,25,28)/t17-/m1/s1. The van der Waals surface area contributed by atoms with Crippen LogP contribution in [0.4, 0.5) is 14.5 Å². The van der Waals surface area contributed by atoms with Crippen molar-refractivity contribution < 1.29 is 13.6 Å². The first-order chi connectivity index (χ1) is 14.0. The minimum atomic E-state index is -0.493. The highest BCUT2D eigenvalue weighted by atomic mass is 32.2. The van der Waals surface area contributed by atoms with Crippen LogP contribution in [0.3, 0.4) is 0 Å². The summed E-state index contributed by atoms with van der Waals surface area (Å²) in [4.78, 5) is 14.5.